The highest BCUT2D eigenvalue weighted by Crippen LogP contribution is 2.25. The van der Waals surface area contributed by atoms with Crippen LogP contribution in [-0.2, 0) is 0 Å². The first-order valence-corrected chi connectivity index (χ1v) is 5.17. The molecule has 2 rings (SSSR count). The van der Waals surface area contributed by atoms with E-state index < -0.39 is 0 Å². The summed E-state index contributed by atoms with van der Waals surface area (Å²) in [4.78, 5) is 5.66. The Morgan fingerprint density at radius 1 is 1.14 bits per heavy atom. The summed E-state index contributed by atoms with van der Waals surface area (Å²) in [5.41, 5.74) is 2.53. The van der Waals surface area contributed by atoms with Crippen molar-refractivity contribution in [3.8, 4) is 0 Å². The highest BCUT2D eigenvalue weighted by atomic mass is 15.1. The molecule has 0 saturated heterocycles. The van der Waals surface area contributed by atoms with Crippen LogP contribution in [0.5, 0.6) is 0 Å². The van der Waals surface area contributed by atoms with Crippen molar-refractivity contribution in [3.05, 3.63) is 30.5 Å². The lowest BCUT2D eigenvalue weighted by atomic mass is 10.2. The van der Waals surface area contributed by atoms with Crippen LogP contribution < -0.4 is 4.90 Å². The van der Waals surface area contributed by atoms with Crippen LogP contribution >= 0.6 is 0 Å². The zero-order valence-corrected chi connectivity index (χ0v) is 8.75. The number of hydrogen-bond donors (Lipinski definition) is 1. The summed E-state index contributed by atoms with van der Waals surface area (Å²) in [6, 6.07) is 8.43. The Bertz CT molecular complexity index is 413. The summed E-state index contributed by atoms with van der Waals surface area (Å²) >= 11 is 0. The topological polar surface area (TPSA) is 19.0 Å². The van der Waals surface area contributed by atoms with Crippen LogP contribution in [0.4, 0.5) is 5.69 Å². The molecular weight excluding hydrogens is 172 g/mol. The predicted molar refractivity (Wildman–Crippen MR) is 61.9 cm³/mol. The van der Waals surface area contributed by atoms with Gasteiger partial charge in [-0.3, -0.25) is 0 Å². The summed E-state index contributed by atoms with van der Waals surface area (Å²) in [6.45, 7) is 6.48. The highest BCUT2D eigenvalue weighted by molar-refractivity contribution is 5.92. The van der Waals surface area contributed by atoms with Crippen molar-refractivity contribution in [3.63, 3.8) is 0 Å². The van der Waals surface area contributed by atoms with E-state index >= 15 is 0 Å². The average Bonchev–Trinajstić information content (AvgIpc) is 2.65. The van der Waals surface area contributed by atoms with Gasteiger partial charge in [-0.2, -0.15) is 0 Å². The lowest BCUT2D eigenvalue weighted by molar-refractivity contribution is 0.870. The molecule has 0 aliphatic carbocycles. The van der Waals surface area contributed by atoms with E-state index in [0.29, 0.717) is 0 Å². The minimum atomic E-state index is 1.05. The van der Waals surface area contributed by atoms with Gasteiger partial charge in [-0.15, -0.1) is 0 Å². The molecule has 0 saturated carbocycles. The van der Waals surface area contributed by atoms with Crippen molar-refractivity contribution >= 4 is 16.6 Å². The lowest BCUT2D eigenvalue weighted by Crippen LogP contribution is -2.21. The number of rotatable bonds is 3. The zero-order valence-electron chi connectivity index (χ0n) is 8.75. The summed E-state index contributed by atoms with van der Waals surface area (Å²) in [5, 5.41) is 1.32. The van der Waals surface area contributed by atoms with Crippen LogP contribution in [0.2, 0.25) is 0 Å². The molecule has 0 amide bonds. The normalized spacial score (nSPS) is 10.7. The molecule has 1 aromatic heterocycles. The van der Waals surface area contributed by atoms with Crippen LogP contribution in [0.15, 0.2) is 30.5 Å². The molecule has 0 atom stereocenters. The van der Waals surface area contributed by atoms with Gasteiger partial charge in [-0.25, -0.2) is 0 Å². The molecule has 0 radical (unpaired) electrons. The third kappa shape index (κ3) is 1.37. The van der Waals surface area contributed by atoms with Gasteiger partial charge in [0.25, 0.3) is 0 Å². The Labute approximate surface area is 84.5 Å². The summed E-state index contributed by atoms with van der Waals surface area (Å²) < 4.78 is 0. The molecule has 2 nitrogen and oxygen atoms in total. The maximum absolute atomic E-state index is 3.30. The maximum atomic E-state index is 3.30. The minimum Gasteiger partial charge on any atom is -0.370 e. The molecule has 0 fully saturated rings. The molecule has 0 bridgehead atoms. The van der Waals surface area contributed by atoms with E-state index in [4.69, 9.17) is 0 Å². The number of aromatic nitrogens is 1. The van der Waals surface area contributed by atoms with E-state index in [0.717, 1.165) is 13.1 Å². The summed E-state index contributed by atoms with van der Waals surface area (Å²) in [6.07, 6.45) is 2.09. The summed E-state index contributed by atoms with van der Waals surface area (Å²) in [5.74, 6) is 0. The number of benzene rings is 1. The van der Waals surface area contributed by atoms with Gasteiger partial charge in [-0.05, 0) is 19.9 Å². The fourth-order valence-corrected chi connectivity index (χ4v) is 1.88. The number of nitrogens with zero attached hydrogens (tertiary/aromatic N) is 1. The Balaban J connectivity index is 2.51. The van der Waals surface area contributed by atoms with Crippen LogP contribution in [-0.4, -0.2) is 18.1 Å². The fraction of sp³-hybridized carbons (Fsp3) is 0.333. The van der Waals surface area contributed by atoms with Crippen LogP contribution in [0.1, 0.15) is 13.8 Å². The second-order valence-corrected chi connectivity index (χ2v) is 3.39. The number of H-pyrrole nitrogens is 1. The molecule has 0 spiro atoms. The van der Waals surface area contributed by atoms with Gasteiger partial charge < -0.3 is 9.88 Å². The Morgan fingerprint density at radius 3 is 2.57 bits per heavy atom. The molecule has 2 heteroatoms. The van der Waals surface area contributed by atoms with Crippen LogP contribution in [0, 0.1) is 0 Å². The lowest BCUT2D eigenvalue weighted by Gasteiger charge is -2.19. The number of aromatic amines is 1. The molecule has 1 aromatic carbocycles. The zero-order chi connectivity index (χ0) is 9.97. The van der Waals surface area contributed by atoms with Gasteiger partial charge in [0, 0.05) is 30.2 Å². The van der Waals surface area contributed by atoms with Gasteiger partial charge in [0.1, 0.15) is 0 Å². The van der Waals surface area contributed by atoms with Gasteiger partial charge in [0.15, 0.2) is 0 Å². The summed E-state index contributed by atoms with van der Waals surface area (Å²) in [7, 11) is 0. The van der Waals surface area contributed by atoms with E-state index in [1.54, 1.807) is 0 Å². The third-order valence-corrected chi connectivity index (χ3v) is 2.67. The molecule has 0 aliphatic rings. The van der Waals surface area contributed by atoms with E-state index in [2.05, 4.69) is 54.2 Å². The van der Waals surface area contributed by atoms with Crippen molar-refractivity contribution in [1.29, 1.82) is 0 Å². The first kappa shape index (κ1) is 9.13. The Morgan fingerprint density at radius 2 is 1.86 bits per heavy atom. The first-order valence-electron chi connectivity index (χ1n) is 5.17. The monoisotopic (exact) mass is 188 g/mol. The van der Waals surface area contributed by atoms with Crippen molar-refractivity contribution < 1.29 is 0 Å². The highest BCUT2D eigenvalue weighted by Gasteiger charge is 2.07. The Kier molecular flexibility index (Phi) is 2.44. The number of hydrogen-bond acceptors (Lipinski definition) is 1. The van der Waals surface area contributed by atoms with Gasteiger partial charge in [0.2, 0.25) is 0 Å². The van der Waals surface area contributed by atoms with Crippen molar-refractivity contribution in [1.82, 2.24) is 4.98 Å². The molecule has 14 heavy (non-hydrogen) atoms. The number of para-hydroxylation sites is 1. The van der Waals surface area contributed by atoms with Crippen molar-refractivity contribution in [2.45, 2.75) is 13.8 Å². The average molecular weight is 188 g/mol. The quantitative estimate of drug-likeness (QED) is 0.784. The van der Waals surface area contributed by atoms with Gasteiger partial charge >= 0.3 is 0 Å². The standard InChI is InChI=1S/C12H16N2/c1-3-14(4-2)12-9-13-11-8-6-5-7-10(11)12/h5-9,13H,3-4H2,1-2H3. The molecular formula is C12H16N2. The molecule has 1 heterocycles. The van der Waals surface area contributed by atoms with E-state index in [1.807, 2.05) is 0 Å². The predicted octanol–water partition coefficient (Wildman–Crippen LogP) is 3.01. The van der Waals surface area contributed by atoms with E-state index in [-0.39, 0.29) is 0 Å². The molecule has 2 aromatic rings. The molecule has 0 unspecified atom stereocenters. The molecule has 0 aliphatic heterocycles. The van der Waals surface area contributed by atoms with Crippen LogP contribution in [0.25, 0.3) is 10.9 Å². The minimum absolute atomic E-state index is 1.05. The van der Waals surface area contributed by atoms with E-state index in [9.17, 15) is 0 Å². The fourth-order valence-electron chi connectivity index (χ4n) is 1.88. The third-order valence-electron chi connectivity index (χ3n) is 2.67. The van der Waals surface area contributed by atoms with Crippen molar-refractivity contribution in [2.75, 3.05) is 18.0 Å². The number of fused-ring (bicyclic) bond motifs is 1. The second kappa shape index (κ2) is 3.74. The van der Waals surface area contributed by atoms with Gasteiger partial charge in [0.05, 0.1) is 5.69 Å². The molecule has 74 valence electrons. The first-order chi connectivity index (χ1) is 6.86. The van der Waals surface area contributed by atoms with Crippen molar-refractivity contribution in [2.24, 2.45) is 0 Å². The van der Waals surface area contributed by atoms with Crippen LogP contribution in [0.3, 0.4) is 0 Å². The van der Waals surface area contributed by atoms with Gasteiger partial charge in [-0.1, -0.05) is 18.2 Å². The SMILES string of the molecule is CCN(CC)c1c[nH]c2ccccc12. The maximum Gasteiger partial charge on any atom is 0.0623 e. The number of anilines is 1. The number of nitrogens with one attached hydrogen (secondary N) is 1. The smallest absolute Gasteiger partial charge is 0.0623 e. The second-order valence-electron chi connectivity index (χ2n) is 3.39. The van der Waals surface area contributed by atoms with E-state index in [1.165, 1.54) is 16.6 Å². The Hall–Kier alpha value is -1.44. The largest absolute Gasteiger partial charge is 0.370 e. The molecule has 1 N–H and O–H groups in total.